The van der Waals surface area contributed by atoms with Gasteiger partial charge in [0.05, 0.1) is 5.52 Å². The van der Waals surface area contributed by atoms with E-state index in [4.69, 9.17) is 11.5 Å². The number of fused-ring (bicyclic) bond motifs is 2. The standard InChI is InChI=1S/C30H31N7O4/c1-16(38)33-9-8-19-13-36(14-20-12-34-30(32)35-28(20)31)25-7-3-17(10-23(19)25)18-2-6-22-26(11-18)37(21-4-5-21)15-24(27(22)39)29(40)41/h2-3,6-7,10-12,15,19,21H,4-5,8-9,13-14H2,1H3,(H,33,38)(H,40,41)(H4,31,32,34,35). The van der Waals surface area contributed by atoms with Gasteiger partial charge >= 0.3 is 5.97 Å². The number of aromatic carboxylic acids is 1. The molecule has 0 radical (unpaired) electrons. The molecule has 6 N–H and O–H groups in total. The number of rotatable bonds is 8. The van der Waals surface area contributed by atoms with Gasteiger partial charge in [-0.25, -0.2) is 9.78 Å². The van der Waals surface area contributed by atoms with Crippen molar-refractivity contribution in [2.75, 3.05) is 29.5 Å². The number of hydrogen-bond donors (Lipinski definition) is 4. The summed E-state index contributed by atoms with van der Waals surface area (Å²) in [5.41, 5.74) is 16.8. The Kier molecular flexibility index (Phi) is 6.56. The summed E-state index contributed by atoms with van der Waals surface area (Å²) in [5, 5.41) is 12.9. The number of hydrogen-bond acceptors (Lipinski definition) is 8. The van der Waals surface area contributed by atoms with Crippen LogP contribution in [0.5, 0.6) is 0 Å². The molecular formula is C30H31N7O4. The average molecular weight is 554 g/mol. The molecule has 1 aliphatic carbocycles. The van der Waals surface area contributed by atoms with Gasteiger partial charge in [0.15, 0.2) is 0 Å². The summed E-state index contributed by atoms with van der Waals surface area (Å²) in [6.07, 6.45) is 5.81. The first-order valence-electron chi connectivity index (χ1n) is 13.6. The molecule has 1 saturated carbocycles. The maximum absolute atomic E-state index is 12.9. The number of aromatic nitrogens is 3. The van der Waals surface area contributed by atoms with E-state index in [0.29, 0.717) is 24.3 Å². The molecule has 3 heterocycles. The summed E-state index contributed by atoms with van der Waals surface area (Å²) in [5.74, 6) is -0.634. The number of amides is 1. The summed E-state index contributed by atoms with van der Waals surface area (Å²) >= 11 is 0. The predicted molar refractivity (Wildman–Crippen MR) is 157 cm³/mol. The highest BCUT2D eigenvalue weighted by Crippen LogP contribution is 2.42. The number of nitrogen functional groups attached to an aromatic ring is 2. The molecule has 0 bridgehead atoms. The van der Waals surface area contributed by atoms with Gasteiger partial charge < -0.3 is 31.4 Å². The van der Waals surface area contributed by atoms with Crippen LogP contribution in [0.15, 0.2) is 53.6 Å². The molecule has 2 aromatic heterocycles. The lowest BCUT2D eigenvalue weighted by Gasteiger charge is -2.21. The number of benzene rings is 2. The Morgan fingerprint density at radius 1 is 1.12 bits per heavy atom. The minimum Gasteiger partial charge on any atom is -0.477 e. The van der Waals surface area contributed by atoms with Crippen molar-refractivity contribution in [1.82, 2.24) is 19.9 Å². The molecule has 2 aromatic carbocycles. The van der Waals surface area contributed by atoms with Crippen molar-refractivity contribution in [2.45, 2.75) is 44.7 Å². The van der Waals surface area contributed by atoms with Crippen molar-refractivity contribution in [2.24, 2.45) is 0 Å². The number of nitrogens with zero attached hydrogens (tertiary/aromatic N) is 4. The molecule has 11 nitrogen and oxygen atoms in total. The molecule has 41 heavy (non-hydrogen) atoms. The quantitative estimate of drug-likeness (QED) is 0.256. The second-order valence-electron chi connectivity index (χ2n) is 10.8. The first-order valence-corrected chi connectivity index (χ1v) is 13.6. The molecule has 1 unspecified atom stereocenters. The third-order valence-corrected chi connectivity index (χ3v) is 7.93. The first-order chi connectivity index (χ1) is 19.7. The zero-order valence-corrected chi connectivity index (χ0v) is 22.6. The van der Waals surface area contributed by atoms with Crippen LogP contribution in [0.4, 0.5) is 17.5 Å². The zero-order valence-electron chi connectivity index (χ0n) is 22.6. The number of nitrogens with one attached hydrogen (secondary N) is 1. The molecular weight excluding hydrogens is 522 g/mol. The van der Waals surface area contributed by atoms with Crippen LogP contribution < -0.4 is 27.1 Å². The zero-order chi connectivity index (χ0) is 28.8. The van der Waals surface area contributed by atoms with Crippen molar-refractivity contribution < 1.29 is 14.7 Å². The third kappa shape index (κ3) is 5.06. The fraction of sp³-hybridized carbons (Fsp3) is 0.300. The Balaban J connectivity index is 1.39. The van der Waals surface area contributed by atoms with Crippen molar-refractivity contribution in [3.8, 4) is 11.1 Å². The van der Waals surface area contributed by atoms with E-state index in [1.54, 1.807) is 12.3 Å². The van der Waals surface area contributed by atoms with E-state index in [-0.39, 0.29) is 29.4 Å². The molecule has 0 saturated heterocycles. The first kappa shape index (κ1) is 26.3. The van der Waals surface area contributed by atoms with Crippen LogP contribution in [0.1, 0.15) is 59.6 Å². The third-order valence-electron chi connectivity index (χ3n) is 7.93. The number of carboxylic acids is 1. The topological polar surface area (TPSA) is 169 Å². The molecule has 0 spiro atoms. The molecule has 2 aliphatic rings. The fourth-order valence-corrected chi connectivity index (χ4v) is 5.73. The van der Waals surface area contributed by atoms with Crippen LogP contribution in [0.3, 0.4) is 0 Å². The summed E-state index contributed by atoms with van der Waals surface area (Å²) in [6.45, 7) is 3.32. The molecule has 1 fully saturated rings. The highest BCUT2D eigenvalue weighted by atomic mass is 16.4. The molecule has 4 aromatic rings. The van der Waals surface area contributed by atoms with Crippen molar-refractivity contribution in [1.29, 1.82) is 0 Å². The molecule has 1 atom stereocenters. The van der Waals surface area contributed by atoms with E-state index in [1.807, 2.05) is 16.7 Å². The predicted octanol–water partition coefficient (Wildman–Crippen LogP) is 3.29. The van der Waals surface area contributed by atoms with Crippen LogP contribution in [0.25, 0.3) is 22.0 Å². The van der Waals surface area contributed by atoms with Crippen molar-refractivity contribution >= 4 is 40.2 Å². The van der Waals surface area contributed by atoms with Crippen molar-refractivity contribution in [3.63, 3.8) is 0 Å². The maximum Gasteiger partial charge on any atom is 0.341 e. The summed E-state index contributed by atoms with van der Waals surface area (Å²) in [7, 11) is 0. The largest absolute Gasteiger partial charge is 0.477 e. The van der Waals surface area contributed by atoms with Crippen molar-refractivity contribution in [3.05, 3.63) is 75.7 Å². The Labute approximate surface area is 235 Å². The smallest absolute Gasteiger partial charge is 0.341 e. The van der Waals surface area contributed by atoms with Crippen LogP contribution >= 0.6 is 0 Å². The number of pyridine rings is 1. The Hall–Kier alpha value is -4.93. The average Bonchev–Trinajstić information content (AvgIpc) is 3.72. The van der Waals surface area contributed by atoms with Crippen LogP contribution in [-0.2, 0) is 11.3 Å². The highest BCUT2D eigenvalue weighted by Gasteiger charge is 2.30. The van der Waals surface area contributed by atoms with E-state index in [0.717, 1.165) is 59.3 Å². The van der Waals surface area contributed by atoms with Crippen LogP contribution in [-0.4, -0.2) is 44.6 Å². The van der Waals surface area contributed by atoms with Crippen LogP contribution in [0.2, 0.25) is 0 Å². The monoisotopic (exact) mass is 553 g/mol. The second-order valence-corrected chi connectivity index (χ2v) is 10.8. The molecule has 6 rings (SSSR count). The molecule has 1 aliphatic heterocycles. The van der Waals surface area contributed by atoms with Gasteiger partial charge in [0, 0.05) is 67.5 Å². The van der Waals surface area contributed by atoms with Gasteiger partial charge in [-0.15, -0.1) is 0 Å². The molecule has 11 heteroatoms. The lowest BCUT2D eigenvalue weighted by Crippen LogP contribution is -2.25. The van der Waals surface area contributed by atoms with E-state index in [9.17, 15) is 19.5 Å². The van der Waals surface area contributed by atoms with Gasteiger partial charge in [-0.2, -0.15) is 4.98 Å². The normalized spacial score (nSPS) is 16.1. The van der Waals surface area contributed by atoms with Crippen LogP contribution in [0, 0.1) is 0 Å². The number of nitrogens with two attached hydrogens (primary N) is 2. The Bertz CT molecular complexity index is 1760. The van der Waals surface area contributed by atoms with Gasteiger partial charge in [0.2, 0.25) is 17.3 Å². The van der Waals surface area contributed by atoms with Gasteiger partial charge in [-0.1, -0.05) is 12.1 Å². The lowest BCUT2D eigenvalue weighted by molar-refractivity contribution is -0.118. The fourth-order valence-electron chi connectivity index (χ4n) is 5.73. The minimum atomic E-state index is -1.21. The number of carbonyl (C=O) groups excluding carboxylic acids is 1. The van der Waals surface area contributed by atoms with E-state index in [2.05, 4.69) is 38.4 Å². The summed E-state index contributed by atoms with van der Waals surface area (Å²) in [4.78, 5) is 46.6. The van der Waals surface area contributed by atoms with Gasteiger partial charge in [0.1, 0.15) is 11.4 Å². The minimum absolute atomic E-state index is 0.0652. The van der Waals surface area contributed by atoms with Gasteiger partial charge in [-0.05, 0) is 60.2 Å². The second kappa shape index (κ2) is 10.2. The number of anilines is 3. The Morgan fingerprint density at radius 3 is 2.59 bits per heavy atom. The Morgan fingerprint density at radius 2 is 1.88 bits per heavy atom. The van der Waals surface area contributed by atoms with Gasteiger partial charge in [-0.3, -0.25) is 9.59 Å². The summed E-state index contributed by atoms with van der Waals surface area (Å²) < 4.78 is 1.94. The molecule has 1 amide bonds. The maximum atomic E-state index is 12.9. The molecule has 210 valence electrons. The van der Waals surface area contributed by atoms with Gasteiger partial charge in [0.25, 0.3) is 0 Å². The summed E-state index contributed by atoms with van der Waals surface area (Å²) in [6, 6.07) is 12.1. The number of carboxylic acid groups (broad SMARTS) is 1. The lowest BCUT2D eigenvalue weighted by atomic mass is 9.93. The van der Waals surface area contributed by atoms with E-state index >= 15 is 0 Å². The number of carbonyl (C=O) groups is 2. The van der Waals surface area contributed by atoms with E-state index < -0.39 is 11.4 Å². The SMILES string of the molecule is CC(=O)NCCC1CN(Cc2cnc(N)nc2N)c2ccc(-c3ccc4c(=O)c(C(=O)O)cn(C5CC5)c4c3)cc21. The van der Waals surface area contributed by atoms with E-state index in [1.165, 1.54) is 13.1 Å². The highest BCUT2D eigenvalue weighted by molar-refractivity contribution is 5.94.